The van der Waals surface area contributed by atoms with Crippen LogP contribution in [0.15, 0.2) is 54.6 Å². The molecule has 5 nitrogen and oxygen atoms in total. The number of carbonyl (C=O) groups is 2. The number of benzene rings is 2. The van der Waals surface area contributed by atoms with E-state index in [9.17, 15) is 9.59 Å². The molecule has 1 amide bonds. The van der Waals surface area contributed by atoms with Gasteiger partial charge in [-0.25, -0.2) is 4.79 Å². The van der Waals surface area contributed by atoms with Gasteiger partial charge in [-0.3, -0.25) is 4.79 Å². The van der Waals surface area contributed by atoms with Crippen LogP contribution in [0.25, 0.3) is 6.08 Å². The fourth-order valence-corrected chi connectivity index (χ4v) is 3.25. The van der Waals surface area contributed by atoms with E-state index in [1.165, 1.54) is 12.5 Å². The Morgan fingerprint density at radius 3 is 2.43 bits per heavy atom. The number of nitrogens with one attached hydrogen (secondary N) is 1. The van der Waals surface area contributed by atoms with E-state index < -0.39 is 0 Å². The minimum absolute atomic E-state index is 0.0285. The van der Waals surface area contributed by atoms with Crippen LogP contribution in [0, 0.1) is 0 Å². The molecule has 0 bridgehead atoms. The van der Waals surface area contributed by atoms with Gasteiger partial charge in [0.1, 0.15) is 11.9 Å². The van der Waals surface area contributed by atoms with Gasteiger partial charge in [-0.05, 0) is 62.1 Å². The molecule has 2 aromatic carbocycles. The molecule has 0 unspecified atom stereocenters. The lowest BCUT2D eigenvalue weighted by Crippen LogP contribution is -2.20. The average molecular weight is 379 g/mol. The van der Waals surface area contributed by atoms with Crippen LogP contribution >= 0.6 is 0 Å². The molecule has 146 valence electrons. The zero-order chi connectivity index (χ0) is 19.8. The lowest BCUT2D eigenvalue weighted by molar-refractivity contribution is -0.111. The molecule has 0 spiro atoms. The molecular weight excluding hydrogens is 354 g/mol. The molecule has 28 heavy (non-hydrogen) atoms. The highest BCUT2D eigenvalue weighted by Gasteiger charge is 2.18. The third-order valence-electron chi connectivity index (χ3n) is 4.77. The monoisotopic (exact) mass is 379 g/mol. The summed E-state index contributed by atoms with van der Waals surface area (Å²) < 4.78 is 10.8. The normalized spacial score (nSPS) is 14.6. The Kier molecular flexibility index (Phi) is 6.84. The summed E-state index contributed by atoms with van der Waals surface area (Å²) in [5.74, 6) is 0.136. The van der Waals surface area contributed by atoms with Crippen molar-refractivity contribution in [3.63, 3.8) is 0 Å². The molecule has 1 saturated carbocycles. The number of para-hydroxylation sites is 1. The first kappa shape index (κ1) is 19.7. The number of methoxy groups -OCH3 is 1. The molecule has 0 atom stereocenters. The summed E-state index contributed by atoms with van der Waals surface area (Å²) in [6.07, 6.45) is 8.51. The van der Waals surface area contributed by atoms with Gasteiger partial charge in [-0.2, -0.15) is 0 Å². The van der Waals surface area contributed by atoms with Gasteiger partial charge < -0.3 is 14.8 Å². The lowest BCUT2D eigenvalue weighted by Gasteiger charge is -2.21. The number of anilines is 1. The Morgan fingerprint density at radius 1 is 1.00 bits per heavy atom. The van der Waals surface area contributed by atoms with Crippen LogP contribution in [0.3, 0.4) is 0 Å². The summed E-state index contributed by atoms with van der Waals surface area (Å²) in [6.45, 7) is 0. The van der Waals surface area contributed by atoms with Crippen molar-refractivity contribution in [2.45, 2.75) is 38.2 Å². The summed E-state index contributed by atoms with van der Waals surface area (Å²) in [4.78, 5) is 24.4. The molecule has 0 saturated heterocycles. The summed E-state index contributed by atoms with van der Waals surface area (Å²) in [5.41, 5.74) is 1.93. The maximum absolute atomic E-state index is 12.2. The van der Waals surface area contributed by atoms with Crippen molar-refractivity contribution in [3.8, 4) is 5.75 Å². The van der Waals surface area contributed by atoms with E-state index >= 15 is 0 Å². The molecule has 1 fully saturated rings. The Balaban J connectivity index is 1.55. The zero-order valence-electron chi connectivity index (χ0n) is 16.0. The number of amides is 1. The maximum Gasteiger partial charge on any atom is 0.338 e. The quantitative estimate of drug-likeness (QED) is 0.576. The van der Waals surface area contributed by atoms with Gasteiger partial charge >= 0.3 is 5.97 Å². The smallest absolute Gasteiger partial charge is 0.338 e. The van der Waals surface area contributed by atoms with Gasteiger partial charge in [-0.15, -0.1) is 0 Å². The fraction of sp³-hybridized carbons (Fsp3) is 0.304. The van der Waals surface area contributed by atoms with E-state index in [0.717, 1.165) is 31.2 Å². The van der Waals surface area contributed by atoms with Crippen LogP contribution < -0.4 is 10.1 Å². The highest BCUT2D eigenvalue weighted by atomic mass is 16.5. The molecule has 0 heterocycles. The lowest BCUT2D eigenvalue weighted by atomic mass is 9.98. The van der Waals surface area contributed by atoms with E-state index in [-0.39, 0.29) is 18.0 Å². The third kappa shape index (κ3) is 5.46. The van der Waals surface area contributed by atoms with Crippen LogP contribution in [0.4, 0.5) is 5.69 Å². The van der Waals surface area contributed by atoms with E-state index in [1.54, 1.807) is 37.5 Å². The second-order valence-corrected chi connectivity index (χ2v) is 6.81. The zero-order valence-corrected chi connectivity index (χ0v) is 16.0. The summed E-state index contributed by atoms with van der Waals surface area (Å²) >= 11 is 0. The van der Waals surface area contributed by atoms with Crippen LogP contribution in [0.1, 0.15) is 48.0 Å². The van der Waals surface area contributed by atoms with Crippen LogP contribution in [-0.4, -0.2) is 25.1 Å². The highest BCUT2D eigenvalue weighted by molar-refractivity contribution is 6.02. The number of ether oxygens (including phenoxy) is 2. The predicted octanol–water partition coefficient (Wildman–Crippen LogP) is 4.84. The van der Waals surface area contributed by atoms with E-state index in [4.69, 9.17) is 9.47 Å². The molecule has 0 radical (unpaired) electrons. The molecule has 1 aliphatic carbocycles. The summed E-state index contributed by atoms with van der Waals surface area (Å²) in [5, 5.41) is 2.78. The van der Waals surface area contributed by atoms with Crippen molar-refractivity contribution in [2.24, 2.45) is 0 Å². The Labute approximate surface area is 165 Å². The van der Waals surface area contributed by atoms with E-state index in [0.29, 0.717) is 17.0 Å². The molecule has 2 aromatic rings. The number of esters is 1. The average Bonchev–Trinajstić information content (AvgIpc) is 2.73. The Hall–Kier alpha value is -3.08. The molecular formula is C23H25NO4. The number of rotatable bonds is 6. The second kappa shape index (κ2) is 9.74. The maximum atomic E-state index is 12.2. The molecule has 3 rings (SSSR count). The molecule has 1 N–H and O–H groups in total. The van der Waals surface area contributed by atoms with Crippen LogP contribution in [-0.2, 0) is 9.53 Å². The third-order valence-corrected chi connectivity index (χ3v) is 4.77. The van der Waals surface area contributed by atoms with Gasteiger partial charge in [0.15, 0.2) is 0 Å². The van der Waals surface area contributed by atoms with E-state index in [2.05, 4.69) is 5.32 Å². The van der Waals surface area contributed by atoms with Gasteiger partial charge in [0.05, 0.1) is 12.7 Å². The summed E-state index contributed by atoms with van der Waals surface area (Å²) in [6, 6.07) is 14.2. The van der Waals surface area contributed by atoms with Crippen molar-refractivity contribution in [3.05, 3.63) is 65.7 Å². The molecule has 5 heteroatoms. The first-order valence-corrected chi connectivity index (χ1v) is 9.59. The largest absolute Gasteiger partial charge is 0.496 e. The van der Waals surface area contributed by atoms with Crippen LogP contribution in [0.5, 0.6) is 5.75 Å². The topological polar surface area (TPSA) is 64.6 Å². The van der Waals surface area contributed by atoms with Crippen molar-refractivity contribution in [2.75, 3.05) is 12.4 Å². The fourth-order valence-electron chi connectivity index (χ4n) is 3.25. The van der Waals surface area contributed by atoms with Gasteiger partial charge in [0.2, 0.25) is 5.91 Å². The Bertz CT molecular complexity index is 836. The molecule has 0 aromatic heterocycles. The van der Waals surface area contributed by atoms with Crippen molar-refractivity contribution >= 4 is 23.6 Å². The first-order valence-electron chi connectivity index (χ1n) is 9.59. The number of hydrogen-bond acceptors (Lipinski definition) is 4. The van der Waals surface area contributed by atoms with Crippen LogP contribution in [0.2, 0.25) is 0 Å². The second-order valence-electron chi connectivity index (χ2n) is 6.81. The van der Waals surface area contributed by atoms with Gasteiger partial charge in [0.25, 0.3) is 0 Å². The van der Waals surface area contributed by atoms with Crippen molar-refractivity contribution in [1.82, 2.24) is 0 Å². The number of carbonyl (C=O) groups excluding carboxylic acids is 2. The minimum Gasteiger partial charge on any atom is -0.496 e. The SMILES string of the molecule is COc1ccccc1/C=C/C(=O)Nc1ccc(C(=O)OC2CCCCC2)cc1. The minimum atomic E-state index is -0.305. The molecule has 0 aliphatic heterocycles. The number of hydrogen-bond donors (Lipinski definition) is 1. The summed E-state index contributed by atoms with van der Waals surface area (Å²) in [7, 11) is 1.59. The predicted molar refractivity (Wildman–Crippen MR) is 109 cm³/mol. The van der Waals surface area contributed by atoms with Crippen molar-refractivity contribution < 1.29 is 19.1 Å². The first-order chi connectivity index (χ1) is 13.7. The van der Waals surface area contributed by atoms with Gasteiger partial charge in [0, 0.05) is 17.3 Å². The standard InChI is InChI=1S/C23H25NO4/c1-27-21-10-6-5-7-17(21)13-16-22(25)24-19-14-11-18(12-15-19)23(26)28-20-8-3-2-4-9-20/h5-7,10-16,20H,2-4,8-9H2,1H3,(H,24,25)/b16-13+. The highest BCUT2D eigenvalue weighted by Crippen LogP contribution is 2.22. The molecule has 1 aliphatic rings. The van der Waals surface area contributed by atoms with Gasteiger partial charge in [-0.1, -0.05) is 24.6 Å². The Morgan fingerprint density at radius 2 is 1.71 bits per heavy atom. The van der Waals surface area contributed by atoms with E-state index in [1.807, 2.05) is 24.3 Å². The van der Waals surface area contributed by atoms with Crippen molar-refractivity contribution in [1.29, 1.82) is 0 Å².